The summed E-state index contributed by atoms with van der Waals surface area (Å²) in [5.41, 5.74) is 4.89. The zero-order chi connectivity index (χ0) is 22.7. The van der Waals surface area contributed by atoms with E-state index in [0.717, 1.165) is 34.4 Å². The lowest BCUT2D eigenvalue weighted by Crippen LogP contribution is -2.26. The highest BCUT2D eigenvalue weighted by molar-refractivity contribution is 7.13. The van der Waals surface area contributed by atoms with Crippen molar-refractivity contribution in [2.45, 2.75) is 33.7 Å². The Hall–Kier alpha value is -3.52. The van der Waals surface area contributed by atoms with Crippen LogP contribution in [-0.4, -0.2) is 32.5 Å². The number of rotatable bonds is 7. The topological polar surface area (TPSA) is 88.9 Å². The maximum atomic E-state index is 12.6. The zero-order valence-corrected chi connectivity index (χ0v) is 19.1. The first-order chi connectivity index (χ1) is 15.5. The van der Waals surface area contributed by atoms with Crippen molar-refractivity contribution in [2.24, 2.45) is 0 Å². The number of benzene rings is 2. The molecule has 32 heavy (non-hydrogen) atoms. The van der Waals surface area contributed by atoms with E-state index in [1.165, 1.54) is 17.1 Å². The summed E-state index contributed by atoms with van der Waals surface area (Å²) < 4.78 is 7.22. The van der Waals surface area contributed by atoms with Crippen molar-refractivity contribution in [3.05, 3.63) is 76.7 Å². The van der Waals surface area contributed by atoms with Crippen molar-refractivity contribution in [1.29, 1.82) is 0 Å². The quantitative estimate of drug-likeness (QED) is 0.441. The number of aryl methyl sites for hydroxylation is 2. The summed E-state index contributed by atoms with van der Waals surface area (Å²) in [5, 5.41) is 11.2. The summed E-state index contributed by atoms with van der Waals surface area (Å²) >= 11 is 1.30. The maximum Gasteiger partial charge on any atom is 0.276 e. The Morgan fingerprint density at radius 1 is 1.03 bits per heavy atom. The number of anilines is 1. The molecule has 2 amide bonds. The molecule has 2 N–H and O–H groups in total. The number of carbonyl (C=O) groups excluding carboxylic acids is 2. The van der Waals surface area contributed by atoms with Crippen LogP contribution in [0.1, 0.15) is 44.7 Å². The lowest BCUT2D eigenvalue weighted by atomic mass is 10.1. The van der Waals surface area contributed by atoms with Crippen LogP contribution in [0.4, 0.5) is 5.69 Å². The first kappa shape index (κ1) is 21.7. The molecular weight excluding hydrogens is 422 g/mol. The summed E-state index contributed by atoms with van der Waals surface area (Å²) in [6.07, 6.45) is 0.735. The average Bonchev–Trinajstić information content (AvgIpc) is 3.35. The maximum absolute atomic E-state index is 12.6. The molecule has 2 aromatic carbocycles. The van der Waals surface area contributed by atoms with Gasteiger partial charge in [0.05, 0.1) is 10.4 Å². The minimum Gasteiger partial charge on any atom is -0.352 e. The smallest absolute Gasteiger partial charge is 0.276 e. The molecule has 0 aliphatic carbocycles. The molecule has 0 aliphatic heterocycles. The molecule has 4 aromatic rings. The third-order valence-electron chi connectivity index (χ3n) is 5.49. The highest BCUT2D eigenvalue weighted by atomic mass is 32.1. The van der Waals surface area contributed by atoms with Crippen molar-refractivity contribution in [3.8, 4) is 0 Å². The molecule has 4 rings (SSSR count). The number of hydrogen-bond donors (Lipinski definition) is 2. The molecule has 0 atom stereocenters. The van der Waals surface area contributed by atoms with E-state index in [2.05, 4.69) is 34.0 Å². The molecule has 0 fully saturated rings. The Morgan fingerprint density at radius 2 is 1.78 bits per heavy atom. The van der Waals surface area contributed by atoms with Crippen LogP contribution in [0.15, 0.2) is 48.5 Å². The Morgan fingerprint density at radius 3 is 2.50 bits per heavy atom. The fraction of sp³-hybridized carbons (Fsp3) is 0.250. The molecule has 0 unspecified atom stereocenters. The SMILES string of the molecule is CCn1nc(C)c(CCNC(=O)c2ccc(NC(=O)c3nsc4ccccc34)cc2)c1C. The number of nitrogens with zero attached hydrogens (tertiary/aromatic N) is 3. The summed E-state index contributed by atoms with van der Waals surface area (Å²) in [4.78, 5) is 25.1. The largest absolute Gasteiger partial charge is 0.352 e. The normalized spacial score (nSPS) is 11.0. The average molecular weight is 448 g/mol. The number of nitrogens with one attached hydrogen (secondary N) is 2. The molecule has 164 valence electrons. The first-order valence-electron chi connectivity index (χ1n) is 10.5. The molecule has 7 nitrogen and oxygen atoms in total. The van der Waals surface area contributed by atoms with Crippen LogP contribution in [0.2, 0.25) is 0 Å². The van der Waals surface area contributed by atoms with E-state index in [0.29, 0.717) is 23.5 Å². The van der Waals surface area contributed by atoms with Gasteiger partial charge in [0.15, 0.2) is 0 Å². The summed E-state index contributed by atoms with van der Waals surface area (Å²) in [7, 11) is 0. The first-order valence-corrected chi connectivity index (χ1v) is 11.3. The lowest BCUT2D eigenvalue weighted by Gasteiger charge is -2.08. The van der Waals surface area contributed by atoms with Crippen molar-refractivity contribution >= 4 is 39.1 Å². The molecule has 0 saturated carbocycles. The van der Waals surface area contributed by atoms with Crippen molar-refractivity contribution in [1.82, 2.24) is 19.5 Å². The van der Waals surface area contributed by atoms with E-state index < -0.39 is 0 Å². The Kier molecular flexibility index (Phi) is 6.32. The van der Waals surface area contributed by atoms with Crippen LogP contribution in [-0.2, 0) is 13.0 Å². The van der Waals surface area contributed by atoms with Gasteiger partial charge in [-0.1, -0.05) is 18.2 Å². The van der Waals surface area contributed by atoms with Gasteiger partial charge in [-0.15, -0.1) is 0 Å². The van der Waals surface area contributed by atoms with Crippen LogP contribution in [0.25, 0.3) is 10.1 Å². The molecule has 8 heteroatoms. The molecule has 0 aliphatic rings. The molecule has 0 radical (unpaired) electrons. The van der Waals surface area contributed by atoms with Crippen molar-refractivity contribution in [3.63, 3.8) is 0 Å². The molecule has 0 bridgehead atoms. The van der Waals surface area contributed by atoms with E-state index in [-0.39, 0.29) is 11.8 Å². The van der Waals surface area contributed by atoms with Gasteiger partial charge in [-0.2, -0.15) is 9.47 Å². The number of fused-ring (bicyclic) bond motifs is 1. The number of carbonyl (C=O) groups is 2. The third-order valence-corrected chi connectivity index (χ3v) is 6.32. The summed E-state index contributed by atoms with van der Waals surface area (Å²) in [6, 6.07) is 14.5. The molecule has 2 aromatic heterocycles. The van der Waals surface area contributed by atoms with Gasteiger partial charge in [0.1, 0.15) is 5.69 Å². The molecule has 2 heterocycles. The Balaban J connectivity index is 1.34. The van der Waals surface area contributed by atoms with E-state index in [4.69, 9.17) is 0 Å². The van der Waals surface area contributed by atoms with Crippen LogP contribution in [0.3, 0.4) is 0 Å². The van der Waals surface area contributed by atoms with E-state index >= 15 is 0 Å². The predicted molar refractivity (Wildman–Crippen MR) is 127 cm³/mol. The number of hydrogen-bond acceptors (Lipinski definition) is 5. The predicted octanol–water partition coefficient (Wildman–Crippen LogP) is 4.35. The van der Waals surface area contributed by atoms with Crippen molar-refractivity contribution in [2.75, 3.05) is 11.9 Å². The molecule has 0 spiro atoms. The fourth-order valence-corrected chi connectivity index (χ4v) is 4.53. The van der Waals surface area contributed by atoms with Gasteiger partial charge in [0.2, 0.25) is 0 Å². The molecular formula is C24H25N5O2S. The van der Waals surface area contributed by atoms with E-state index in [1.54, 1.807) is 24.3 Å². The second kappa shape index (κ2) is 9.32. The molecule has 0 saturated heterocycles. The van der Waals surface area contributed by atoms with Crippen LogP contribution in [0, 0.1) is 13.8 Å². The third kappa shape index (κ3) is 4.40. The summed E-state index contributed by atoms with van der Waals surface area (Å²) in [5.74, 6) is -0.412. The van der Waals surface area contributed by atoms with Gasteiger partial charge < -0.3 is 10.6 Å². The lowest BCUT2D eigenvalue weighted by molar-refractivity contribution is 0.0953. The standard InChI is InChI=1S/C24H25N5O2S/c1-4-29-16(3)19(15(2)27-29)13-14-25-23(30)17-9-11-18(12-10-17)26-24(31)22-20-7-5-6-8-21(20)32-28-22/h5-12H,4,13-14H2,1-3H3,(H,25,30)(H,26,31). The van der Waals surface area contributed by atoms with Crippen LogP contribution in [0.5, 0.6) is 0 Å². The highest BCUT2D eigenvalue weighted by Gasteiger charge is 2.15. The summed E-state index contributed by atoms with van der Waals surface area (Å²) in [6.45, 7) is 7.49. The van der Waals surface area contributed by atoms with Gasteiger partial charge in [0.25, 0.3) is 11.8 Å². The number of amides is 2. The van der Waals surface area contributed by atoms with E-state index in [9.17, 15) is 9.59 Å². The monoisotopic (exact) mass is 447 g/mol. The minimum absolute atomic E-state index is 0.147. The fourth-order valence-electron chi connectivity index (χ4n) is 3.75. The second-order valence-electron chi connectivity index (χ2n) is 7.53. The van der Waals surface area contributed by atoms with Gasteiger partial charge in [-0.05, 0) is 74.6 Å². The van der Waals surface area contributed by atoms with Crippen molar-refractivity contribution < 1.29 is 9.59 Å². The van der Waals surface area contributed by atoms with E-state index in [1.807, 2.05) is 35.9 Å². The van der Waals surface area contributed by atoms with Gasteiger partial charge in [0, 0.05) is 35.4 Å². The minimum atomic E-state index is -0.266. The second-order valence-corrected chi connectivity index (χ2v) is 8.33. The van der Waals surface area contributed by atoms with Gasteiger partial charge in [-0.25, -0.2) is 0 Å². The Labute approximate surface area is 190 Å². The number of aromatic nitrogens is 3. The van der Waals surface area contributed by atoms with Crippen LogP contribution < -0.4 is 10.6 Å². The van der Waals surface area contributed by atoms with Gasteiger partial charge >= 0.3 is 0 Å². The van der Waals surface area contributed by atoms with Crippen LogP contribution >= 0.6 is 11.5 Å². The highest BCUT2D eigenvalue weighted by Crippen LogP contribution is 2.23. The zero-order valence-electron chi connectivity index (χ0n) is 18.3. The Bertz CT molecular complexity index is 1270. The van der Waals surface area contributed by atoms with Gasteiger partial charge in [-0.3, -0.25) is 14.3 Å².